The minimum Gasteiger partial charge on any atom is -0.480 e. The van der Waals surface area contributed by atoms with E-state index in [0.29, 0.717) is 13.0 Å². The van der Waals surface area contributed by atoms with Crippen LogP contribution in [0.4, 0.5) is 0 Å². The van der Waals surface area contributed by atoms with Crippen LogP contribution < -0.4 is 16.0 Å². The Morgan fingerprint density at radius 1 is 1.00 bits per heavy atom. The molecule has 1 aliphatic heterocycles. The van der Waals surface area contributed by atoms with E-state index in [4.69, 9.17) is 9.47 Å². The fraction of sp³-hybridized carbons (Fsp3) is 0.744. The van der Waals surface area contributed by atoms with Gasteiger partial charge in [-0.1, -0.05) is 85.2 Å². The number of carbonyl (C=O) groups excluding carboxylic acids is 3. The van der Waals surface area contributed by atoms with Crippen LogP contribution in [0.5, 0.6) is 0 Å². The molecule has 52 heavy (non-hydrogen) atoms. The molecule has 1 aromatic rings. The monoisotopic (exact) mass is 733 g/mol. The van der Waals surface area contributed by atoms with Crippen LogP contribution in [0.2, 0.25) is 0 Å². The third-order valence-electron chi connectivity index (χ3n) is 10.8. The van der Waals surface area contributed by atoms with Gasteiger partial charge in [-0.25, -0.2) is 4.79 Å². The van der Waals surface area contributed by atoms with Gasteiger partial charge in [-0.2, -0.15) is 0 Å². The average molecular weight is 734 g/mol. The summed E-state index contributed by atoms with van der Waals surface area (Å²) < 4.78 is 11.9. The van der Waals surface area contributed by atoms with Crippen LogP contribution in [-0.2, 0) is 35.1 Å². The van der Waals surface area contributed by atoms with E-state index < -0.39 is 60.4 Å². The molecule has 13 nitrogen and oxygen atoms in total. The molecule has 0 bridgehead atoms. The number of carboxylic acids is 1. The maximum absolute atomic E-state index is 14.2. The molecular weight excluding hydrogens is 666 g/mol. The fourth-order valence-electron chi connectivity index (χ4n) is 7.57. The van der Waals surface area contributed by atoms with E-state index in [2.05, 4.69) is 16.0 Å². The summed E-state index contributed by atoms with van der Waals surface area (Å²) in [6, 6.07) is 6.19. The first-order chi connectivity index (χ1) is 24.5. The van der Waals surface area contributed by atoms with Crippen LogP contribution in [0, 0.1) is 23.7 Å². The van der Waals surface area contributed by atoms with Crippen LogP contribution in [0.15, 0.2) is 30.3 Å². The summed E-state index contributed by atoms with van der Waals surface area (Å²) in [4.78, 5) is 57.2. The molecule has 1 saturated heterocycles. The fourth-order valence-corrected chi connectivity index (χ4v) is 7.57. The lowest BCUT2D eigenvalue weighted by molar-refractivity contribution is -0.148. The molecule has 0 spiro atoms. The Balaban J connectivity index is 2.26. The number of benzene rings is 1. The predicted molar refractivity (Wildman–Crippen MR) is 201 cm³/mol. The van der Waals surface area contributed by atoms with E-state index in [1.54, 1.807) is 37.9 Å². The molecule has 0 saturated carbocycles. The van der Waals surface area contributed by atoms with Gasteiger partial charge in [0.05, 0.1) is 42.7 Å². The summed E-state index contributed by atoms with van der Waals surface area (Å²) in [6.07, 6.45) is -0.0527. The van der Waals surface area contributed by atoms with E-state index in [0.717, 1.165) is 18.4 Å². The van der Waals surface area contributed by atoms with Crippen LogP contribution in [-0.4, -0.2) is 127 Å². The highest BCUT2D eigenvalue weighted by Crippen LogP contribution is 2.30. The lowest BCUT2D eigenvalue weighted by Crippen LogP contribution is -2.61. The lowest BCUT2D eigenvalue weighted by Gasteiger charge is -2.41. The quantitative estimate of drug-likeness (QED) is 0.112. The molecule has 1 heterocycles. The number of amides is 3. The van der Waals surface area contributed by atoms with Crippen molar-refractivity contribution in [3.05, 3.63) is 35.9 Å². The van der Waals surface area contributed by atoms with E-state index in [9.17, 15) is 29.4 Å². The minimum absolute atomic E-state index is 0.00633. The number of carbonyl (C=O) groups is 4. The Hall–Kier alpha value is -3.10. The van der Waals surface area contributed by atoms with E-state index in [1.807, 2.05) is 71.9 Å². The second kappa shape index (κ2) is 21.6. The summed E-state index contributed by atoms with van der Waals surface area (Å²) in [5.74, 6) is -2.74. The number of likely N-dealkylation sites (N-methyl/N-ethyl adjacent to an activating group) is 2. The van der Waals surface area contributed by atoms with Crippen molar-refractivity contribution in [2.45, 2.75) is 129 Å². The maximum Gasteiger partial charge on any atom is 0.326 e. The Morgan fingerprint density at radius 2 is 1.63 bits per heavy atom. The Morgan fingerprint density at radius 3 is 2.13 bits per heavy atom. The number of hydrogen-bond donors (Lipinski definition) is 5. The topological polar surface area (TPSA) is 170 Å². The standard InChI is InChI=1S/C39H67N5O8/c1-12-25(6)34(43(9)38(48)33(24(4)5)42-37(47)32(40-8)23(2)3)30(51-10)22-31(45)44-20-16-19-29(44)35(52-11)26(7)36(46)41-28(39(49)50)21-27-17-14-13-15-18-27/h13-15,17-18,23-26,28-30,32-35,37,40,42,47H,12,16,19-22H2,1-11H3,(H,41,46)(H,49,50). The first-order valence-electron chi connectivity index (χ1n) is 18.8. The summed E-state index contributed by atoms with van der Waals surface area (Å²) in [5, 5.41) is 29.9. The normalized spacial score (nSPS) is 20.0. The molecule has 1 aromatic carbocycles. The average Bonchev–Trinajstić information content (AvgIpc) is 3.59. The molecule has 0 aromatic heterocycles. The number of nitrogens with one attached hydrogen (secondary N) is 3. The van der Waals surface area contributed by atoms with Crippen molar-refractivity contribution in [1.29, 1.82) is 0 Å². The third kappa shape index (κ3) is 12.0. The molecular formula is C39H67N5O8. The Labute approximate surface area is 311 Å². The molecule has 13 heteroatoms. The van der Waals surface area contributed by atoms with Crippen molar-refractivity contribution in [2.75, 3.05) is 34.9 Å². The molecule has 10 atom stereocenters. The first kappa shape index (κ1) is 45.1. The Kier molecular flexibility index (Phi) is 18.7. The smallest absolute Gasteiger partial charge is 0.326 e. The second-order valence-corrected chi connectivity index (χ2v) is 15.1. The highest BCUT2D eigenvalue weighted by atomic mass is 16.5. The number of rotatable bonds is 22. The second-order valence-electron chi connectivity index (χ2n) is 15.1. The third-order valence-corrected chi connectivity index (χ3v) is 10.8. The number of aliphatic hydroxyl groups excluding tert-OH is 1. The van der Waals surface area contributed by atoms with Crippen molar-refractivity contribution in [3.63, 3.8) is 0 Å². The van der Waals surface area contributed by atoms with Gasteiger partial charge in [-0.15, -0.1) is 0 Å². The Bertz CT molecular complexity index is 1270. The predicted octanol–water partition coefficient (Wildman–Crippen LogP) is 2.90. The summed E-state index contributed by atoms with van der Waals surface area (Å²) in [5.41, 5.74) is 0.789. The molecule has 1 fully saturated rings. The van der Waals surface area contributed by atoms with Gasteiger partial charge in [0.25, 0.3) is 0 Å². The van der Waals surface area contributed by atoms with Crippen molar-refractivity contribution in [2.24, 2.45) is 23.7 Å². The summed E-state index contributed by atoms with van der Waals surface area (Å²) >= 11 is 0. The van der Waals surface area contributed by atoms with Crippen molar-refractivity contribution < 1.29 is 38.9 Å². The maximum atomic E-state index is 14.2. The minimum atomic E-state index is -1.13. The molecule has 296 valence electrons. The number of methoxy groups -OCH3 is 2. The van der Waals surface area contributed by atoms with Crippen LogP contribution in [0.1, 0.15) is 79.7 Å². The number of aliphatic carboxylic acids is 1. The highest BCUT2D eigenvalue weighted by Gasteiger charge is 2.43. The zero-order chi connectivity index (χ0) is 39.3. The van der Waals surface area contributed by atoms with Gasteiger partial charge in [0.15, 0.2) is 0 Å². The SMILES string of the molecule is CCC(C)C(C(CC(=O)N1CCCC1C(OC)C(C)C(=O)NC(Cc1ccccc1)C(=O)O)OC)N(C)C(=O)C(NC(O)C(NC)C(C)C)C(C)C. The van der Waals surface area contributed by atoms with Gasteiger partial charge in [-0.3, -0.25) is 19.7 Å². The van der Waals surface area contributed by atoms with E-state index in [-0.39, 0.29) is 48.5 Å². The number of likely N-dealkylation sites (tertiary alicyclic amines) is 1. The number of carboxylic acid groups (broad SMARTS) is 1. The molecule has 5 N–H and O–H groups in total. The molecule has 10 unspecified atom stereocenters. The molecule has 1 aliphatic rings. The molecule has 0 aliphatic carbocycles. The number of aliphatic hydroxyl groups is 1. The zero-order valence-electron chi connectivity index (χ0n) is 33.3. The van der Waals surface area contributed by atoms with Crippen LogP contribution >= 0.6 is 0 Å². The van der Waals surface area contributed by atoms with Gasteiger partial charge in [0.1, 0.15) is 12.3 Å². The van der Waals surface area contributed by atoms with Gasteiger partial charge in [0, 0.05) is 40.3 Å². The van der Waals surface area contributed by atoms with E-state index >= 15 is 0 Å². The summed E-state index contributed by atoms with van der Waals surface area (Å²) in [6.45, 7) is 14.1. The van der Waals surface area contributed by atoms with Crippen LogP contribution in [0.3, 0.4) is 0 Å². The molecule has 2 rings (SSSR count). The number of ether oxygens (including phenoxy) is 2. The number of hydrogen-bond acceptors (Lipinski definition) is 9. The van der Waals surface area contributed by atoms with Crippen molar-refractivity contribution in [1.82, 2.24) is 25.8 Å². The van der Waals surface area contributed by atoms with Crippen molar-refractivity contribution >= 4 is 23.7 Å². The largest absolute Gasteiger partial charge is 0.480 e. The van der Waals surface area contributed by atoms with Crippen LogP contribution in [0.25, 0.3) is 0 Å². The molecule has 3 amide bonds. The van der Waals surface area contributed by atoms with Gasteiger partial charge in [-0.05, 0) is 43.2 Å². The zero-order valence-corrected chi connectivity index (χ0v) is 33.3. The van der Waals surface area contributed by atoms with Crippen molar-refractivity contribution in [3.8, 4) is 0 Å². The van der Waals surface area contributed by atoms with Gasteiger partial charge >= 0.3 is 5.97 Å². The number of nitrogens with zero attached hydrogens (tertiary/aromatic N) is 2. The first-order valence-corrected chi connectivity index (χ1v) is 18.8. The highest BCUT2D eigenvalue weighted by molar-refractivity contribution is 5.86. The lowest BCUT2D eigenvalue weighted by atomic mass is 9.89. The van der Waals surface area contributed by atoms with Gasteiger partial charge < -0.3 is 40.1 Å². The van der Waals surface area contributed by atoms with E-state index in [1.165, 1.54) is 7.11 Å². The summed E-state index contributed by atoms with van der Waals surface area (Å²) in [7, 11) is 6.57. The van der Waals surface area contributed by atoms with Gasteiger partial charge in [0.2, 0.25) is 17.7 Å². The molecule has 0 radical (unpaired) electrons.